The zero-order chi connectivity index (χ0) is 13.1. The Morgan fingerprint density at radius 3 is 2.78 bits per heavy atom. The minimum Gasteiger partial charge on any atom is -0.386 e. The van der Waals surface area contributed by atoms with E-state index in [0.717, 1.165) is 15.9 Å². The smallest absolute Gasteiger partial charge is 0.102 e. The number of hydrogen-bond donors (Lipinski definition) is 1. The van der Waals surface area contributed by atoms with Crippen LogP contribution in [0.5, 0.6) is 0 Å². The van der Waals surface area contributed by atoms with Gasteiger partial charge in [-0.05, 0) is 41.9 Å². The van der Waals surface area contributed by atoms with Gasteiger partial charge in [0.2, 0.25) is 0 Å². The number of aromatic nitrogens is 3. The standard InChI is InChI=1S/C13H16BrN3O/c1-9(2)17-13(11(14)8-16-17)12(18)7-10-5-3-4-6-15-10/h3-6,8-9,12,18H,7H2,1-2H3. The van der Waals surface area contributed by atoms with E-state index in [1.807, 2.05) is 36.7 Å². The number of halogens is 1. The lowest BCUT2D eigenvalue weighted by Gasteiger charge is -2.16. The highest BCUT2D eigenvalue weighted by Crippen LogP contribution is 2.27. The molecular weight excluding hydrogens is 294 g/mol. The van der Waals surface area contributed by atoms with E-state index in [2.05, 4.69) is 26.0 Å². The highest BCUT2D eigenvalue weighted by Gasteiger charge is 2.20. The van der Waals surface area contributed by atoms with Gasteiger partial charge in [-0.15, -0.1) is 0 Å². The molecule has 0 saturated heterocycles. The molecule has 0 spiro atoms. The predicted molar refractivity (Wildman–Crippen MR) is 73.2 cm³/mol. The summed E-state index contributed by atoms with van der Waals surface area (Å²) in [5.41, 5.74) is 1.67. The molecule has 2 aromatic heterocycles. The van der Waals surface area contributed by atoms with Crippen LogP contribution in [0.15, 0.2) is 35.1 Å². The van der Waals surface area contributed by atoms with E-state index in [4.69, 9.17) is 0 Å². The average Bonchev–Trinajstić information content (AvgIpc) is 2.72. The van der Waals surface area contributed by atoms with E-state index >= 15 is 0 Å². The largest absolute Gasteiger partial charge is 0.386 e. The third-order valence-electron chi connectivity index (χ3n) is 2.72. The first-order valence-corrected chi connectivity index (χ1v) is 6.69. The fourth-order valence-corrected chi connectivity index (χ4v) is 2.43. The quantitative estimate of drug-likeness (QED) is 0.944. The molecule has 0 radical (unpaired) electrons. The Kier molecular flexibility index (Phi) is 4.14. The zero-order valence-corrected chi connectivity index (χ0v) is 12.0. The highest BCUT2D eigenvalue weighted by molar-refractivity contribution is 9.10. The summed E-state index contributed by atoms with van der Waals surface area (Å²) in [4.78, 5) is 4.23. The maximum atomic E-state index is 10.3. The van der Waals surface area contributed by atoms with Crippen molar-refractivity contribution in [2.24, 2.45) is 0 Å². The molecule has 96 valence electrons. The van der Waals surface area contributed by atoms with Crippen LogP contribution in [-0.4, -0.2) is 19.9 Å². The van der Waals surface area contributed by atoms with E-state index in [9.17, 15) is 5.11 Å². The fourth-order valence-electron chi connectivity index (χ4n) is 1.89. The second-order valence-corrected chi connectivity index (χ2v) is 5.31. The third-order valence-corrected chi connectivity index (χ3v) is 3.33. The lowest BCUT2D eigenvalue weighted by molar-refractivity contribution is 0.162. The Morgan fingerprint density at radius 2 is 2.17 bits per heavy atom. The molecule has 0 amide bonds. The maximum absolute atomic E-state index is 10.3. The van der Waals surface area contributed by atoms with Crippen LogP contribution >= 0.6 is 15.9 Å². The van der Waals surface area contributed by atoms with Crippen molar-refractivity contribution in [1.29, 1.82) is 0 Å². The van der Waals surface area contributed by atoms with Gasteiger partial charge in [0.05, 0.1) is 16.4 Å². The van der Waals surface area contributed by atoms with Crippen molar-refractivity contribution >= 4 is 15.9 Å². The molecule has 18 heavy (non-hydrogen) atoms. The molecule has 0 fully saturated rings. The van der Waals surface area contributed by atoms with Crippen molar-refractivity contribution in [3.63, 3.8) is 0 Å². The second-order valence-electron chi connectivity index (χ2n) is 4.46. The summed E-state index contributed by atoms with van der Waals surface area (Å²) in [5.74, 6) is 0. The molecule has 0 aliphatic carbocycles. The summed E-state index contributed by atoms with van der Waals surface area (Å²) in [6.45, 7) is 4.08. The van der Waals surface area contributed by atoms with Crippen LogP contribution < -0.4 is 0 Å². The van der Waals surface area contributed by atoms with Crippen LogP contribution in [-0.2, 0) is 6.42 Å². The topological polar surface area (TPSA) is 50.9 Å². The molecule has 5 heteroatoms. The first-order valence-electron chi connectivity index (χ1n) is 5.90. The number of nitrogens with zero attached hydrogens (tertiary/aromatic N) is 3. The zero-order valence-electron chi connectivity index (χ0n) is 10.4. The van der Waals surface area contributed by atoms with Gasteiger partial charge in [0.15, 0.2) is 0 Å². The summed E-state index contributed by atoms with van der Waals surface area (Å²) in [5, 5.41) is 14.6. The number of hydrogen-bond acceptors (Lipinski definition) is 3. The molecule has 0 aliphatic rings. The summed E-state index contributed by atoms with van der Waals surface area (Å²) in [6, 6.07) is 5.91. The van der Waals surface area contributed by atoms with E-state index in [0.29, 0.717) is 6.42 Å². The van der Waals surface area contributed by atoms with Gasteiger partial charge in [-0.1, -0.05) is 6.07 Å². The summed E-state index contributed by atoms with van der Waals surface area (Å²) >= 11 is 3.44. The molecule has 0 aliphatic heterocycles. The molecule has 1 unspecified atom stereocenters. The van der Waals surface area contributed by atoms with Gasteiger partial charge in [-0.25, -0.2) is 0 Å². The van der Waals surface area contributed by atoms with Crippen molar-refractivity contribution in [3.8, 4) is 0 Å². The van der Waals surface area contributed by atoms with E-state index < -0.39 is 6.10 Å². The van der Waals surface area contributed by atoms with Crippen molar-refractivity contribution in [2.45, 2.75) is 32.4 Å². The maximum Gasteiger partial charge on any atom is 0.102 e. The summed E-state index contributed by atoms with van der Waals surface area (Å²) in [6.07, 6.45) is 3.32. The lowest BCUT2D eigenvalue weighted by Crippen LogP contribution is -2.13. The average molecular weight is 310 g/mol. The van der Waals surface area contributed by atoms with Crippen LogP contribution in [0.4, 0.5) is 0 Å². The number of aliphatic hydroxyl groups excluding tert-OH is 1. The van der Waals surface area contributed by atoms with Gasteiger partial charge in [0, 0.05) is 24.4 Å². The molecule has 2 aromatic rings. The Bertz CT molecular complexity index is 510. The van der Waals surface area contributed by atoms with E-state index in [1.54, 1.807) is 12.4 Å². The number of aliphatic hydroxyl groups is 1. The van der Waals surface area contributed by atoms with Crippen molar-refractivity contribution in [2.75, 3.05) is 0 Å². The third kappa shape index (κ3) is 2.79. The Labute approximate surface area is 115 Å². The van der Waals surface area contributed by atoms with Gasteiger partial charge in [0.25, 0.3) is 0 Å². The van der Waals surface area contributed by atoms with Crippen molar-refractivity contribution < 1.29 is 5.11 Å². The number of pyridine rings is 1. The molecule has 0 aromatic carbocycles. The lowest BCUT2D eigenvalue weighted by atomic mass is 10.1. The minimum absolute atomic E-state index is 0.213. The second kappa shape index (κ2) is 5.63. The van der Waals surface area contributed by atoms with Gasteiger partial charge in [-0.3, -0.25) is 9.67 Å². The molecular formula is C13H16BrN3O. The Morgan fingerprint density at radius 1 is 1.39 bits per heavy atom. The Hall–Kier alpha value is -1.20. The fraction of sp³-hybridized carbons (Fsp3) is 0.385. The van der Waals surface area contributed by atoms with E-state index in [1.165, 1.54) is 0 Å². The van der Waals surface area contributed by atoms with Crippen molar-refractivity contribution in [1.82, 2.24) is 14.8 Å². The van der Waals surface area contributed by atoms with Gasteiger partial charge in [0.1, 0.15) is 6.10 Å². The van der Waals surface area contributed by atoms with Gasteiger partial charge >= 0.3 is 0 Å². The molecule has 0 bridgehead atoms. The normalized spacial score (nSPS) is 12.9. The van der Waals surface area contributed by atoms with Crippen molar-refractivity contribution in [3.05, 3.63) is 46.5 Å². The highest BCUT2D eigenvalue weighted by atomic mass is 79.9. The molecule has 2 heterocycles. The first-order chi connectivity index (χ1) is 8.59. The predicted octanol–water partition coefficient (Wildman–Crippen LogP) is 2.90. The van der Waals surface area contributed by atoms with Crippen LogP contribution in [0.2, 0.25) is 0 Å². The van der Waals surface area contributed by atoms with Gasteiger partial charge in [-0.2, -0.15) is 5.10 Å². The minimum atomic E-state index is -0.612. The summed E-state index contributed by atoms with van der Waals surface area (Å²) < 4.78 is 2.66. The molecule has 4 nitrogen and oxygen atoms in total. The molecule has 1 atom stereocenters. The van der Waals surface area contributed by atoms with E-state index in [-0.39, 0.29) is 6.04 Å². The molecule has 1 N–H and O–H groups in total. The monoisotopic (exact) mass is 309 g/mol. The Balaban J connectivity index is 2.23. The SMILES string of the molecule is CC(C)n1ncc(Br)c1C(O)Cc1ccccn1. The van der Waals surface area contributed by atoms with Gasteiger partial charge < -0.3 is 5.11 Å². The van der Waals surface area contributed by atoms with Crippen LogP contribution in [0, 0.1) is 0 Å². The number of rotatable bonds is 4. The van der Waals surface area contributed by atoms with Crippen LogP contribution in [0.3, 0.4) is 0 Å². The molecule has 2 rings (SSSR count). The molecule has 0 saturated carbocycles. The van der Waals surface area contributed by atoms with Crippen LogP contribution in [0.1, 0.15) is 37.4 Å². The summed E-state index contributed by atoms with van der Waals surface area (Å²) in [7, 11) is 0. The first kappa shape index (κ1) is 13.2. The van der Waals surface area contributed by atoms with Crippen LogP contribution in [0.25, 0.3) is 0 Å².